The van der Waals surface area contributed by atoms with E-state index in [1.807, 2.05) is 0 Å². The SMILES string of the molecule is CCc1cc2c(cc1F)c(C(N)=O)c(-c1ccc(S(=O)(=O)N[C@@H](C)C(F)(F)F)cn1)n2-c1cccc(OC)c1. The first-order chi connectivity index (χ1) is 18.3. The molecule has 4 aromatic rings. The van der Waals surface area contributed by atoms with E-state index in [1.165, 1.54) is 19.2 Å². The van der Waals surface area contributed by atoms with Crippen LogP contribution in [0.1, 0.15) is 29.8 Å². The van der Waals surface area contributed by atoms with Gasteiger partial charge < -0.3 is 15.0 Å². The molecule has 1 amide bonds. The lowest BCUT2D eigenvalue weighted by Crippen LogP contribution is -2.42. The van der Waals surface area contributed by atoms with Gasteiger partial charge in [-0.2, -0.15) is 17.9 Å². The molecular formula is C26H24F4N4O4S. The minimum atomic E-state index is -4.79. The van der Waals surface area contributed by atoms with E-state index in [0.29, 0.717) is 35.9 Å². The number of fused-ring (bicyclic) bond motifs is 1. The summed E-state index contributed by atoms with van der Waals surface area (Å²) in [4.78, 5) is 16.3. The lowest BCUT2D eigenvalue weighted by atomic mass is 10.0. The zero-order valence-corrected chi connectivity index (χ0v) is 21.8. The van der Waals surface area contributed by atoms with Gasteiger partial charge in [0.2, 0.25) is 10.0 Å². The Kier molecular flexibility index (Phi) is 7.41. The highest BCUT2D eigenvalue weighted by Gasteiger charge is 2.39. The molecule has 0 saturated carbocycles. The van der Waals surface area contributed by atoms with Gasteiger partial charge in [-0.25, -0.2) is 12.8 Å². The number of carbonyl (C=O) groups excluding carboxylic acids is 1. The van der Waals surface area contributed by atoms with Crippen LogP contribution in [0, 0.1) is 5.82 Å². The maximum atomic E-state index is 14.8. The number of amides is 1. The first-order valence-corrected chi connectivity index (χ1v) is 13.1. The zero-order chi connectivity index (χ0) is 28.7. The smallest absolute Gasteiger partial charge is 0.404 e. The Balaban J connectivity index is 1.98. The van der Waals surface area contributed by atoms with Gasteiger partial charge in [-0.3, -0.25) is 9.78 Å². The minimum absolute atomic E-state index is 0.0682. The lowest BCUT2D eigenvalue weighted by Gasteiger charge is -2.17. The molecule has 0 radical (unpaired) electrons. The Morgan fingerprint density at radius 2 is 1.90 bits per heavy atom. The molecule has 206 valence electrons. The summed E-state index contributed by atoms with van der Waals surface area (Å²) >= 11 is 0. The van der Waals surface area contributed by atoms with Crippen LogP contribution in [0.4, 0.5) is 17.6 Å². The summed E-state index contributed by atoms with van der Waals surface area (Å²) in [5, 5.41) is 0.203. The Labute approximate surface area is 221 Å². The molecule has 0 aliphatic rings. The maximum Gasteiger partial charge on any atom is 0.404 e. The van der Waals surface area contributed by atoms with Gasteiger partial charge in [-0.15, -0.1) is 0 Å². The maximum absolute atomic E-state index is 14.8. The number of ether oxygens (including phenoxy) is 1. The number of pyridine rings is 1. The number of aromatic nitrogens is 2. The summed E-state index contributed by atoms with van der Waals surface area (Å²) in [7, 11) is -3.10. The van der Waals surface area contributed by atoms with E-state index in [9.17, 15) is 30.8 Å². The number of rotatable bonds is 8. The molecular weight excluding hydrogens is 540 g/mol. The number of primary amides is 1. The molecule has 0 bridgehead atoms. The van der Waals surface area contributed by atoms with E-state index < -0.39 is 38.9 Å². The Morgan fingerprint density at radius 1 is 1.18 bits per heavy atom. The van der Waals surface area contributed by atoms with Crippen LogP contribution in [0.2, 0.25) is 0 Å². The largest absolute Gasteiger partial charge is 0.497 e. The van der Waals surface area contributed by atoms with Gasteiger partial charge in [-0.05, 0) is 55.3 Å². The first kappa shape index (κ1) is 28.0. The van der Waals surface area contributed by atoms with Gasteiger partial charge in [0.25, 0.3) is 5.91 Å². The van der Waals surface area contributed by atoms with Crippen molar-refractivity contribution in [2.24, 2.45) is 5.73 Å². The third-order valence-electron chi connectivity index (χ3n) is 6.19. The molecule has 4 rings (SSSR count). The summed E-state index contributed by atoms with van der Waals surface area (Å²) < 4.78 is 87.2. The number of carbonyl (C=O) groups is 1. The zero-order valence-electron chi connectivity index (χ0n) is 21.0. The van der Waals surface area contributed by atoms with Crippen LogP contribution in [0.25, 0.3) is 28.0 Å². The van der Waals surface area contributed by atoms with E-state index in [4.69, 9.17) is 10.5 Å². The van der Waals surface area contributed by atoms with Crippen molar-refractivity contribution in [3.8, 4) is 22.8 Å². The van der Waals surface area contributed by atoms with Crippen molar-refractivity contribution in [1.29, 1.82) is 0 Å². The number of sulfonamides is 1. The van der Waals surface area contributed by atoms with Crippen LogP contribution in [0.3, 0.4) is 0 Å². The number of nitrogens with zero attached hydrogens (tertiary/aromatic N) is 2. The summed E-state index contributed by atoms with van der Waals surface area (Å²) in [6.07, 6.45) is -3.56. The topological polar surface area (TPSA) is 116 Å². The molecule has 2 aromatic heterocycles. The molecule has 0 fully saturated rings. The van der Waals surface area contributed by atoms with E-state index in [-0.39, 0.29) is 22.3 Å². The highest BCUT2D eigenvalue weighted by molar-refractivity contribution is 7.89. The highest BCUT2D eigenvalue weighted by Crippen LogP contribution is 2.38. The lowest BCUT2D eigenvalue weighted by molar-refractivity contribution is -0.147. The second-order valence-electron chi connectivity index (χ2n) is 8.70. The number of nitrogens with two attached hydrogens (primary N) is 1. The number of methoxy groups -OCH3 is 1. The minimum Gasteiger partial charge on any atom is -0.497 e. The summed E-state index contributed by atoms with van der Waals surface area (Å²) in [5.74, 6) is -0.946. The van der Waals surface area contributed by atoms with Gasteiger partial charge in [0.1, 0.15) is 22.5 Å². The van der Waals surface area contributed by atoms with Gasteiger partial charge in [0.15, 0.2) is 0 Å². The van der Waals surface area contributed by atoms with Crippen LogP contribution in [-0.2, 0) is 16.4 Å². The number of nitrogens with one attached hydrogen (secondary N) is 1. The third kappa shape index (κ3) is 5.32. The summed E-state index contributed by atoms with van der Waals surface area (Å²) in [6.45, 7) is 2.45. The van der Waals surface area contributed by atoms with Crippen LogP contribution in [0.5, 0.6) is 5.75 Å². The second-order valence-corrected chi connectivity index (χ2v) is 10.4. The fourth-order valence-corrected chi connectivity index (χ4v) is 5.35. The van der Waals surface area contributed by atoms with Crippen molar-refractivity contribution in [1.82, 2.24) is 14.3 Å². The standard InChI is InChI=1S/C26H24F4N4O4S/c1-4-15-10-22-19(12-20(15)27)23(25(31)35)24(34(22)16-6-5-7-17(11-16)38-3)21-9-8-18(13-32-21)39(36,37)33-14(2)26(28,29)30/h5-14,33H,4H2,1-3H3,(H2,31,35)/t14-/m0/s1. The van der Waals surface area contributed by atoms with Gasteiger partial charge >= 0.3 is 6.18 Å². The highest BCUT2D eigenvalue weighted by atomic mass is 32.2. The van der Waals surface area contributed by atoms with Crippen LogP contribution < -0.4 is 15.2 Å². The van der Waals surface area contributed by atoms with Gasteiger partial charge in [0.05, 0.1) is 29.6 Å². The fraction of sp³-hybridized carbons (Fsp3) is 0.231. The molecule has 0 aliphatic heterocycles. The van der Waals surface area contributed by atoms with E-state index in [1.54, 1.807) is 46.5 Å². The van der Waals surface area contributed by atoms with E-state index in [2.05, 4.69) is 4.98 Å². The Bertz CT molecular complexity index is 1670. The number of hydrogen-bond acceptors (Lipinski definition) is 5. The average Bonchev–Trinajstić information content (AvgIpc) is 3.21. The molecule has 3 N–H and O–H groups in total. The molecule has 2 heterocycles. The monoisotopic (exact) mass is 564 g/mol. The number of aryl methyl sites for hydroxylation is 1. The number of benzene rings is 2. The summed E-state index contributed by atoms with van der Waals surface area (Å²) in [5.41, 5.74) is 7.21. The van der Waals surface area contributed by atoms with Crippen LogP contribution in [-0.4, -0.2) is 43.2 Å². The molecule has 0 spiro atoms. The molecule has 0 saturated heterocycles. The number of alkyl halides is 3. The normalized spacial score (nSPS) is 13.0. The van der Waals surface area contributed by atoms with E-state index >= 15 is 0 Å². The molecule has 8 nitrogen and oxygen atoms in total. The molecule has 13 heteroatoms. The van der Waals surface area contributed by atoms with Crippen molar-refractivity contribution in [2.45, 2.75) is 37.4 Å². The quantitative estimate of drug-likeness (QED) is 0.300. The predicted molar refractivity (Wildman–Crippen MR) is 137 cm³/mol. The Morgan fingerprint density at radius 3 is 2.46 bits per heavy atom. The van der Waals surface area contributed by atoms with Gasteiger partial charge in [0, 0.05) is 23.3 Å². The second kappa shape index (κ2) is 10.3. The first-order valence-electron chi connectivity index (χ1n) is 11.6. The van der Waals surface area contributed by atoms with Crippen molar-refractivity contribution in [3.05, 3.63) is 71.7 Å². The van der Waals surface area contributed by atoms with Crippen molar-refractivity contribution >= 4 is 26.8 Å². The molecule has 0 unspecified atom stereocenters. The van der Waals surface area contributed by atoms with Crippen molar-refractivity contribution in [3.63, 3.8) is 0 Å². The molecule has 0 aliphatic carbocycles. The fourth-order valence-electron chi connectivity index (χ4n) is 4.18. The van der Waals surface area contributed by atoms with Crippen LogP contribution >= 0.6 is 0 Å². The van der Waals surface area contributed by atoms with E-state index in [0.717, 1.165) is 12.3 Å². The predicted octanol–water partition coefficient (Wildman–Crippen LogP) is 4.73. The average molecular weight is 565 g/mol. The molecule has 39 heavy (non-hydrogen) atoms. The summed E-state index contributed by atoms with van der Waals surface area (Å²) in [6, 6.07) is 9.54. The van der Waals surface area contributed by atoms with Gasteiger partial charge in [-0.1, -0.05) is 13.0 Å². The number of hydrogen-bond donors (Lipinski definition) is 2. The third-order valence-corrected chi connectivity index (χ3v) is 7.71. The molecule has 2 aromatic carbocycles. The van der Waals surface area contributed by atoms with Crippen molar-refractivity contribution in [2.75, 3.05) is 7.11 Å². The number of halogens is 4. The van der Waals surface area contributed by atoms with Crippen LogP contribution in [0.15, 0.2) is 59.6 Å². The van der Waals surface area contributed by atoms with Crippen molar-refractivity contribution < 1.29 is 35.5 Å². The molecule has 1 atom stereocenters. The Hall–Kier alpha value is -3.97.